The van der Waals surface area contributed by atoms with Crippen LogP contribution in [0.1, 0.15) is 43.0 Å². The molecular weight excluding hydrogens is 280 g/mol. The van der Waals surface area contributed by atoms with Gasteiger partial charge < -0.3 is 5.32 Å². The largest absolute Gasteiger partial charge is 0.379 e. The maximum absolute atomic E-state index is 10.8. The predicted octanol–water partition coefficient (Wildman–Crippen LogP) is 3.83. The van der Waals surface area contributed by atoms with E-state index in [1.54, 1.807) is 19.1 Å². The summed E-state index contributed by atoms with van der Waals surface area (Å²) in [5.74, 6) is 0. The summed E-state index contributed by atoms with van der Waals surface area (Å²) in [6, 6.07) is 7.65. The van der Waals surface area contributed by atoms with E-state index in [-0.39, 0.29) is 10.6 Å². The lowest BCUT2D eigenvalue weighted by Crippen LogP contribution is -2.07. The van der Waals surface area contributed by atoms with Crippen molar-refractivity contribution >= 4 is 11.4 Å². The van der Waals surface area contributed by atoms with Crippen LogP contribution in [0.15, 0.2) is 30.5 Å². The average molecular weight is 300 g/mol. The van der Waals surface area contributed by atoms with Crippen molar-refractivity contribution in [3.8, 4) is 0 Å². The van der Waals surface area contributed by atoms with Gasteiger partial charge in [-0.05, 0) is 38.0 Å². The van der Waals surface area contributed by atoms with Crippen molar-refractivity contribution in [2.24, 2.45) is 0 Å². The normalized spacial score (nSPS) is 15.1. The van der Waals surface area contributed by atoms with Crippen LogP contribution in [-0.2, 0) is 6.54 Å². The van der Waals surface area contributed by atoms with Crippen LogP contribution in [0, 0.1) is 17.0 Å². The Bertz CT molecular complexity index is 675. The lowest BCUT2D eigenvalue weighted by Gasteiger charge is -2.09. The second kappa shape index (κ2) is 6.17. The van der Waals surface area contributed by atoms with Crippen LogP contribution in [0.5, 0.6) is 0 Å². The topological polar surface area (TPSA) is 73.0 Å². The lowest BCUT2D eigenvalue weighted by molar-refractivity contribution is -0.385. The standard InChI is InChI=1S/C16H20N4O2/c1-12-10-13(6-7-16(12)20(21)22)17-11-14-8-9-19(18-14)15-4-2-3-5-15/h6-10,15,17H,2-5,11H2,1H3. The zero-order chi connectivity index (χ0) is 15.5. The van der Waals surface area contributed by atoms with E-state index in [9.17, 15) is 10.1 Å². The van der Waals surface area contributed by atoms with Crippen LogP contribution in [0.2, 0.25) is 0 Å². The minimum Gasteiger partial charge on any atom is -0.379 e. The van der Waals surface area contributed by atoms with Crippen LogP contribution < -0.4 is 5.32 Å². The van der Waals surface area contributed by atoms with Gasteiger partial charge in [-0.15, -0.1) is 0 Å². The average Bonchev–Trinajstić information content (AvgIpc) is 3.16. The Labute approximate surface area is 129 Å². The van der Waals surface area contributed by atoms with Crippen molar-refractivity contribution in [1.82, 2.24) is 9.78 Å². The Morgan fingerprint density at radius 3 is 2.82 bits per heavy atom. The van der Waals surface area contributed by atoms with Gasteiger partial charge in [0.1, 0.15) is 0 Å². The van der Waals surface area contributed by atoms with Crippen molar-refractivity contribution in [3.05, 3.63) is 51.8 Å². The Hall–Kier alpha value is -2.37. The molecule has 0 spiro atoms. The summed E-state index contributed by atoms with van der Waals surface area (Å²) in [7, 11) is 0. The number of nitrogens with zero attached hydrogens (tertiary/aromatic N) is 3. The van der Waals surface area contributed by atoms with Crippen molar-refractivity contribution in [2.75, 3.05) is 5.32 Å². The minimum atomic E-state index is -0.359. The first-order chi connectivity index (χ1) is 10.6. The highest BCUT2D eigenvalue weighted by Crippen LogP contribution is 2.28. The molecule has 1 aliphatic rings. The van der Waals surface area contributed by atoms with Gasteiger partial charge in [0.05, 0.1) is 23.2 Å². The van der Waals surface area contributed by atoms with Gasteiger partial charge >= 0.3 is 0 Å². The van der Waals surface area contributed by atoms with Gasteiger partial charge in [-0.2, -0.15) is 5.10 Å². The van der Waals surface area contributed by atoms with Gasteiger partial charge in [-0.3, -0.25) is 14.8 Å². The minimum absolute atomic E-state index is 0.149. The molecule has 3 rings (SSSR count). The first-order valence-electron chi connectivity index (χ1n) is 7.66. The third-order valence-electron chi connectivity index (χ3n) is 4.23. The summed E-state index contributed by atoms with van der Waals surface area (Å²) >= 11 is 0. The van der Waals surface area contributed by atoms with E-state index in [1.165, 1.54) is 31.7 Å². The van der Waals surface area contributed by atoms with Gasteiger partial charge in [0.25, 0.3) is 5.69 Å². The van der Waals surface area contributed by atoms with E-state index in [0.717, 1.165) is 11.4 Å². The number of hydrogen-bond acceptors (Lipinski definition) is 4. The Morgan fingerprint density at radius 2 is 2.14 bits per heavy atom. The first-order valence-corrected chi connectivity index (χ1v) is 7.66. The Kier molecular flexibility index (Phi) is 4.09. The molecule has 1 fully saturated rings. The third kappa shape index (κ3) is 3.10. The maximum Gasteiger partial charge on any atom is 0.272 e. The summed E-state index contributed by atoms with van der Waals surface area (Å²) < 4.78 is 2.07. The summed E-state index contributed by atoms with van der Waals surface area (Å²) in [4.78, 5) is 10.5. The van der Waals surface area contributed by atoms with Crippen molar-refractivity contribution in [1.29, 1.82) is 0 Å². The molecule has 1 aromatic carbocycles. The van der Waals surface area contributed by atoms with Crippen LogP contribution in [0.4, 0.5) is 11.4 Å². The number of benzene rings is 1. The molecule has 116 valence electrons. The molecular formula is C16H20N4O2. The molecule has 1 N–H and O–H groups in total. The molecule has 1 aromatic heterocycles. The van der Waals surface area contributed by atoms with Gasteiger partial charge in [-0.1, -0.05) is 12.8 Å². The van der Waals surface area contributed by atoms with Crippen molar-refractivity contribution in [2.45, 2.75) is 45.2 Å². The van der Waals surface area contributed by atoms with Crippen LogP contribution in [0.3, 0.4) is 0 Å². The molecule has 1 heterocycles. The van der Waals surface area contributed by atoms with Crippen molar-refractivity contribution < 1.29 is 4.92 Å². The number of anilines is 1. The summed E-state index contributed by atoms with van der Waals surface area (Å²) in [6.07, 6.45) is 7.07. The molecule has 0 radical (unpaired) electrons. The monoisotopic (exact) mass is 300 g/mol. The van der Waals surface area contributed by atoms with Gasteiger partial charge in [-0.25, -0.2) is 0 Å². The van der Waals surface area contributed by atoms with E-state index in [1.807, 2.05) is 12.3 Å². The fraction of sp³-hybridized carbons (Fsp3) is 0.438. The van der Waals surface area contributed by atoms with Crippen molar-refractivity contribution in [3.63, 3.8) is 0 Å². The van der Waals surface area contributed by atoms with Crippen LogP contribution in [-0.4, -0.2) is 14.7 Å². The molecule has 1 aliphatic carbocycles. The number of hydrogen-bond donors (Lipinski definition) is 1. The molecule has 1 saturated carbocycles. The summed E-state index contributed by atoms with van der Waals surface area (Å²) in [6.45, 7) is 2.37. The molecule has 6 heteroatoms. The summed E-state index contributed by atoms with van der Waals surface area (Å²) in [5, 5.41) is 18.7. The summed E-state index contributed by atoms with van der Waals surface area (Å²) in [5.41, 5.74) is 2.67. The van der Waals surface area contributed by atoms with Crippen LogP contribution in [0.25, 0.3) is 0 Å². The highest BCUT2D eigenvalue weighted by Gasteiger charge is 2.17. The number of aryl methyl sites for hydroxylation is 1. The molecule has 0 saturated heterocycles. The van der Waals surface area contributed by atoms with Gasteiger partial charge in [0, 0.05) is 23.5 Å². The second-order valence-corrected chi connectivity index (χ2v) is 5.84. The van der Waals surface area contributed by atoms with E-state index < -0.39 is 0 Å². The zero-order valence-corrected chi connectivity index (χ0v) is 12.7. The van der Waals surface area contributed by atoms with E-state index >= 15 is 0 Å². The molecule has 0 unspecified atom stereocenters. The SMILES string of the molecule is Cc1cc(NCc2ccn(C3CCCC3)n2)ccc1[N+](=O)[O-]. The van der Waals surface area contributed by atoms with Crippen LogP contribution >= 0.6 is 0 Å². The van der Waals surface area contributed by atoms with E-state index in [0.29, 0.717) is 18.2 Å². The fourth-order valence-corrected chi connectivity index (χ4v) is 3.01. The number of nitro benzene ring substituents is 1. The maximum atomic E-state index is 10.8. The number of nitro groups is 1. The Morgan fingerprint density at radius 1 is 1.36 bits per heavy atom. The molecule has 22 heavy (non-hydrogen) atoms. The lowest BCUT2D eigenvalue weighted by atomic mass is 10.2. The van der Waals surface area contributed by atoms with E-state index in [4.69, 9.17) is 0 Å². The fourth-order valence-electron chi connectivity index (χ4n) is 3.01. The quantitative estimate of drug-likeness (QED) is 0.673. The molecule has 2 aromatic rings. The number of nitrogens with one attached hydrogen (secondary N) is 1. The predicted molar refractivity (Wildman–Crippen MR) is 84.9 cm³/mol. The molecule has 0 amide bonds. The second-order valence-electron chi connectivity index (χ2n) is 5.84. The van der Waals surface area contributed by atoms with Gasteiger partial charge in [0.2, 0.25) is 0 Å². The first kappa shape index (κ1) is 14.6. The number of aromatic nitrogens is 2. The number of rotatable bonds is 5. The highest BCUT2D eigenvalue weighted by molar-refractivity contribution is 5.53. The highest BCUT2D eigenvalue weighted by atomic mass is 16.6. The smallest absolute Gasteiger partial charge is 0.272 e. The molecule has 0 bridgehead atoms. The molecule has 6 nitrogen and oxygen atoms in total. The third-order valence-corrected chi connectivity index (χ3v) is 4.23. The zero-order valence-electron chi connectivity index (χ0n) is 12.7. The van der Waals surface area contributed by atoms with Gasteiger partial charge in [0.15, 0.2) is 0 Å². The molecule has 0 atom stereocenters. The molecule has 0 aliphatic heterocycles. The Balaban J connectivity index is 1.62. The van der Waals surface area contributed by atoms with E-state index in [2.05, 4.69) is 15.1 Å².